The summed E-state index contributed by atoms with van der Waals surface area (Å²) in [5, 5.41) is 1.35. The number of hydrogen-bond donors (Lipinski definition) is 1. The highest BCUT2D eigenvalue weighted by Crippen LogP contribution is 2.21. The van der Waals surface area contributed by atoms with Crippen molar-refractivity contribution >= 4 is 11.8 Å². The number of nitrogens with zero attached hydrogens (tertiary/aromatic N) is 1. The van der Waals surface area contributed by atoms with Gasteiger partial charge in [0, 0.05) is 12.1 Å². The Morgan fingerprint density at radius 2 is 1.60 bits per heavy atom. The van der Waals surface area contributed by atoms with Gasteiger partial charge >= 0.3 is 0 Å². The van der Waals surface area contributed by atoms with Gasteiger partial charge in [-0.15, -0.1) is 0 Å². The van der Waals surface area contributed by atoms with Gasteiger partial charge in [0.05, 0.1) is 12.7 Å². The molecule has 0 spiro atoms. The summed E-state index contributed by atoms with van der Waals surface area (Å²) in [6.45, 7) is 6.38. The molecule has 0 atom stereocenters. The molecule has 0 saturated heterocycles. The molecule has 5 heteroatoms. The molecule has 0 aliphatic rings. The highest BCUT2D eigenvalue weighted by molar-refractivity contribution is 6.00. The third-order valence-corrected chi connectivity index (χ3v) is 3.49. The van der Waals surface area contributed by atoms with Crippen LogP contribution in [0.5, 0.6) is 5.75 Å². The van der Waals surface area contributed by atoms with E-state index in [2.05, 4.69) is 5.43 Å². The van der Waals surface area contributed by atoms with Crippen molar-refractivity contribution in [3.63, 3.8) is 0 Å². The van der Waals surface area contributed by atoms with Gasteiger partial charge in [-0.1, -0.05) is 51.1 Å². The molecule has 2 amide bonds. The van der Waals surface area contributed by atoms with Gasteiger partial charge in [-0.25, -0.2) is 5.01 Å². The smallest absolute Gasteiger partial charge is 0.276 e. The Labute approximate surface area is 148 Å². The Morgan fingerprint density at radius 1 is 1.00 bits per heavy atom. The van der Waals surface area contributed by atoms with E-state index < -0.39 is 0 Å². The summed E-state index contributed by atoms with van der Waals surface area (Å²) in [4.78, 5) is 25.5. The molecule has 132 valence electrons. The molecule has 0 radical (unpaired) electrons. The highest BCUT2D eigenvalue weighted by atomic mass is 16.5. The zero-order chi connectivity index (χ0) is 18.4. The fourth-order valence-corrected chi connectivity index (χ4v) is 2.38. The molecule has 2 aromatic rings. The summed E-state index contributed by atoms with van der Waals surface area (Å²) < 4.78 is 5.28. The number of carbonyl (C=O) groups is 2. The summed E-state index contributed by atoms with van der Waals surface area (Å²) in [6.07, 6.45) is 0. The van der Waals surface area contributed by atoms with E-state index in [0.29, 0.717) is 23.4 Å². The van der Waals surface area contributed by atoms with Crippen molar-refractivity contribution in [2.24, 2.45) is 5.41 Å². The molecular weight excluding hydrogens is 316 g/mol. The molecule has 0 heterocycles. The molecule has 0 unspecified atom stereocenters. The molecule has 0 aromatic heterocycles. The lowest BCUT2D eigenvalue weighted by atomic mass is 9.96. The van der Waals surface area contributed by atoms with Crippen LogP contribution in [0.3, 0.4) is 0 Å². The summed E-state index contributed by atoms with van der Waals surface area (Å²) in [7, 11) is 1.52. The molecule has 0 bridgehead atoms. The minimum absolute atomic E-state index is 0.193. The normalized spacial score (nSPS) is 10.9. The van der Waals surface area contributed by atoms with E-state index in [9.17, 15) is 9.59 Å². The number of carbonyl (C=O) groups excluding carboxylic acids is 2. The largest absolute Gasteiger partial charge is 0.496 e. The van der Waals surface area contributed by atoms with Gasteiger partial charge in [0.25, 0.3) is 11.8 Å². The molecular formula is C20H24N2O3. The molecule has 0 aliphatic carbocycles. The Kier molecular flexibility index (Phi) is 5.80. The van der Waals surface area contributed by atoms with Crippen molar-refractivity contribution in [3.05, 3.63) is 65.7 Å². The Balaban J connectivity index is 2.29. The van der Waals surface area contributed by atoms with Gasteiger partial charge in [0.1, 0.15) is 5.75 Å². The maximum absolute atomic E-state index is 13.0. The van der Waals surface area contributed by atoms with E-state index in [1.807, 2.05) is 26.8 Å². The number of rotatable bonds is 4. The Bertz CT molecular complexity index is 736. The zero-order valence-electron chi connectivity index (χ0n) is 15.1. The summed E-state index contributed by atoms with van der Waals surface area (Å²) in [6, 6.07) is 15.8. The first-order valence-electron chi connectivity index (χ1n) is 8.13. The first-order chi connectivity index (χ1) is 11.8. The van der Waals surface area contributed by atoms with Gasteiger partial charge in [0.15, 0.2) is 0 Å². The standard InChI is InChI=1S/C20H24N2O3/c1-20(2,3)14-22(21-18(23)15-10-6-5-7-11-15)19(24)16-12-8-9-13-17(16)25-4/h5-13H,14H2,1-4H3,(H,21,23). The van der Waals surface area contributed by atoms with Crippen molar-refractivity contribution in [1.29, 1.82) is 0 Å². The lowest BCUT2D eigenvalue weighted by molar-refractivity contribution is 0.0506. The minimum Gasteiger partial charge on any atom is -0.496 e. The molecule has 5 nitrogen and oxygen atoms in total. The molecule has 1 N–H and O–H groups in total. The van der Waals surface area contributed by atoms with Gasteiger partial charge in [0.2, 0.25) is 0 Å². The van der Waals surface area contributed by atoms with E-state index in [1.165, 1.54) is 12.1 Å². The first kappa shape index (κ1) is 18.5. The van der Waals surface area contributed by atoms with Crippen molar-refractivity contribution in [3.8, 4) is 5.75 Å². The fraction of sp³-hybridized carbons (Fsp3) is 0.300. The molecule has 0 saturated carbocycles. The van der Waals surface area contributed by atoms with Crippen molar-refractivity contribution in [2.45, 2.75) is 20.8 Å². The predicted octanol–water partition coefficient (Wildman–Crippen LogP) is 3.53. The SMILES string of the molecule is COc1ccccc1C(=O)N(CC(C)(C)C)NC(=O)c1ccccc1. The lowest BCUT2D eigenvalue weighted by Gasteiger charge is -2.30. The summed E-state index contributed by atoms with van der Waals surface area (Å²) in [5.74, 6) is -0.162. The second-order valence-corrected chi connectivity index (χ2v) is 6.96. The number of methoxy groups -OCH3 is 1. The monoisotopic (exact) mass is 340 g/mol. The fourth-order valence-electron chi connectivity index (χ4n) is 2.38. The van der Waals surface area contributed by atoms with E-state index in [-0.39, 0.29) is 17.2 Å². The zero-order valence-corrected chi connectivity index (χ0v) is 15.1. The quantitative estimate of drug-likeness (QED) is 0.866. The molecule has 2 rings (SSSR count). The first-order valence-corrected chi connectivity index (χ1v) is 8.13. The minimum atomic E-state index is -0.326. The molecule has 25 heavy (non-hydrogen) atoms. The van der Waals surface area contributed by atoms with Crippen molar-refractivity contribution < 1.29 is 14.3 Å². The predicted molar refractivity (Wildman–Crippen MR) is 97.4 cm³/mol. The van der Waals surface area contributed by atoms with E-state index in [4.69, 9.17) is 4.74 Å². The molecule has 0 aliphatic heterocycles. The van der Waals surface area contributed by atoms with Crippen LogP contribution in [0, 0.1) is 5.41 Å². The average molecular weight is 340 g/mol. The average Bonchev–Trinajstić information content (AvgIpc) is 2.60. The molecule has 0 fully saturated rings. The maximum atomic E-state index is 13.0. The Hall–Kier alpha value is -2.82. The maximum Gasteiger partial charge on any atom is 0.276 e. The van der Waals surface area contributed by atoms with E-state index in [0.717, 1.165) is 0 Å². The number of hydrogen-bond acceptors (Lipinski definition) is 3. The van der Waals surface area contributed by atoms with Gasteiger partial charge < -0.3 is 4.74 Å². The number of para-hydroxylation sites is 1. The molecule has 2 aromatic carbocycles. The van der Waals surface area contributed by atoms with Crippen LogP contribution >= 0.6 is 0 Å². The van der Waals surface area contributed by atoms with Crippen LogP contribution in [0.15, 0.2) is 54.6 Å². The highest BCUT2D eigenvalue weighted by Gasteiger charge is 2.26. The van der Waals surface area contributed by atoms with Gasteiger partial charge in [-0.3, -0.25) is 15.0 Å². The third-order valence-electron chi connectivity index (χ3n) is 3.49. The van der Waals surface area contributed by atoms with Crippen LogP contribution in [0.4, 0.5) is 0 Å². The number of hydrazine groups is 1. The second-order valence-electron chi connectivity index (χ2n) is 6.96. The van der Waals surface area contributed by atoms with E-state index in [1.54, 1.807) is 48.5 Å². The third kappa shape index (κ3) is 5.08. The van der Waals surface area contributed by atoms with Gasteiger partial charge in [-0.2, -0.15) is 0 Å². The van der Waals surface area contributed by atoms with Crippen LogP contribution in [0.1, 0.15) is 41.5 Å². The summed E-state index contributed by atoms with van der Waals surface area (Å²) in [5.41, 5.74) is 3.44. The van der Waals surface area contributed by atoms with E-state index >= 15 is 0 Å². The van der Waals surface area contributed by atoms with Crippen LogP contribution in [-0.4, -0.2) is 30.5 Å². The van der Waals surface area contributed by atoms with Crippen LogP contribution in [0.2, 0.25) is 0 Å². The van der Waals surface area contributed by atoms with Crippen molar-refractivity contribution in [1.82, 2.24) is 10.4 Å². The topological polar surface area (TPSA) is 58.6 Å². The van der Waals surface area contributed by atoms with Crippen molar-refractivity contribution in [2.75, 3.05) is 13.7 Å². The summed E-state index contributed by atoms with van der Waals surface area (Å²) >= 11 is 0. The Morgan fingerprint density at radius 3 is 2.20 bits per heavy atom. The van der Waals surface area contributed by atoms with Gasteiger partial charge in [-0.05, 0) is 29.7 Å². The number of amides is 2. The van der Waals surface area contributed by atoms with Crippen LogP contribution in [-0.2, 0) is 0 Å². The van der Waals surface area contributed by atoms with Crippen LogP contribution < -0.4 is 10.2 Å². The van der Waals surface area contributed by atoms with Crippen LogP contribution in [0.25, 0.3) is 0 Å². The second kappa shape index (κ2) is 7.83. The number of benzene rings is 2. The lowest BCUT2D eigenvalue weighted by Crippen LogP contribution is -2.49. The number of nitrogens with one attached hydrogen (secondary N) is 1. The number of ether oxygens (including phenoxy) is 1.